The zero-order valence-electron chi connectivity index (χ0n) is 8.75. The summed E-state index contributed by atoms with van der Waals surface area (Å²) in [5.74, 6) is -0.348. The highest BCUT2D eigenvalue weighted by Gasteiger charge is 2.09. The summed E-state index contributed by atoms with van der Waals surface area (Å²) >= 11 is 0. The Morgan fingerprint density at radius 2 is 2.08 bits per heavy atom. The third kappa shape index (κ3) is 5.42. The molecule has 0 aliphatic rings. The largest absolute Gasteiger partial charge is 0.458 e. The quantitative estimate of drug-likeness (QED) is 0.463. The molecule has 0 aromatic carbocycles. The highest BCUT2D eigenvalue weighted by atomic mass is 16.5. The summed E-state index contributed by atoms with van der Waals surface area (Å²) in [6, 6.07) is 0. The van der Waals surface area contributed by atoms with Crippen LogP contribution < -0.4 is 0 Å². The summed E-state index contributed by atoms with van der Waals surface area (Å²) in [5.41, 5.74) is 0. The second kappa shape index (κ2) is 6.66. The maximum atomic E-state index is 10.8. The number of hydrogen-bond donors (Lipinski definition) is 0. The molecule has 0 bridgehead atoms. The lowest BCUT2D eigenvalue weighted by Gasteiger charge is -2.22. The molecule has 3 nitrogen and oxygen atoms in total. The minimum Gasteiger partial charge on any atom is -0.458 e. The van der Waals surface area contributed by atoms with Crippen LogP contribution in [0.2, 0.25) is 0 Å². The number of esters is 1. The van der Waals surface area contributed by atoms with Crippen molar-refractivity contribution in [1.29, 1.82) is 0 Å². The van der Waals surface area contributed by atoms with Gasteiger partial charge in [-0.05, 0) is 20.0 Å². The Bertz CT molecular complexity index is 164. The second-order valence-corrected chi connectivity index (χ2v) is 2.94. The monoisotopic (exact) mass is 185 g/mol. The normalized spacial score (nSPS) is 12.6. The van der Waals surface area contributed by atoms with Gasteiger partial charge in [-0.15, -0.1) is 0 Å². The summed E-state index contributed by atoms with van der Waals surface area (Å²) in [6.07, 6.45) is 1.13. The molecule has 0 heterocycles. The van der Waals surface area contributed by atoms with Gasteiger partial charge in [-0.1, -0.05) is 20.4 Å². The SMILES string of the molecule is C=CC(=O)OC(C)CN(CC)CC. The van der Waals surface area contributed by atoms with Crippen molar-refractivity contribution in [3.8, 4) is 0 Å². The van der Waals surface area contributed by atoms with Crippen molar-refractivity contribution in [3.05, 3.63) is 12.7 Å². The fraction of sp³-hybridized carbons (Fsp3) is 0.700. The van der Waals surface area contributed by atoms with E-state index in [0.29, 0.717) is 0 Å². The lowest BCUT2D eigenvalue weighted by molar-refractivity contribution is -0.142. The van der Waals surface area contributed by atoms with E-state index in [4.69, 9.17) is 4.74 Å². The third-order valence-electron chi connectivity index (χ3n) is 1.89. The van der Waals surface area contributed by atoms with Crippen LogP contribution in [0.15, 0.2) is 12.7 Å². The fourth-order valence-corrected chi connectivity index (χ4v) is 1.13. The van der Waals surface area contributed by atoms with E-state index in [2.05, 4.69) is 25.3 Å². The molecule has 0 N–H and O–H groups in total. The van der Waals surface area contributed by atoms with Crippen LogP contribution in [0, 0.1) is 0 Å². The Morgan fingerprint density at radius 3 is 2.46 bits per heavy atom. The lowest BCUT2D eigenvalue weighted by atomic mass is 10.3. The van der Waals surface area contributed by atoms with E-state index >= 15 is 0 Å². The van der Waals surface area contributed by atoms with Crippen LogP contribution in [-0.2, 0) is 9.53 Å². The van der Waals surface area contributed by atoms with Crippen molar-refractivity contribution < 1.29 is 9.53 Å². The maximum Gasteiger partial charge on any atom is 0.330 e. The molecule has 1 unspecified atom stereocenters. The number of ether oxygens (including phenoxy) is 1. The Morgan fingerprint density at radius 1 is 1.54 bits per heavy atom. The smallest absolute Gasteiger partial charge is 0.330 e. The summed E-state index contributed by atoms with van der Waals surface area (Å²) in [7, 11) is 0. The van der Waals surface area contributed by atoms with E-state index in [-0.39, 0.29) is 12.1 Å². The van der Waals surface area contributed by atoms with Gasteiger partial charge in [-0.3, -0.25) is 0 Å². The lowest BCUT2D eigenvalue weighted by Crippen LogP contribution is -2.33. The molecule has 0 spiro atoms. The Balaban J connectivity index is 3.77. The topological polar surface area (TPSA) is 29.5 Å². The van der Waals surface area contributed by atoms with Gasteiger partial charge in [0.15, 0.2) is 0 Å². The van der Waals surface area contributed by atoms with Gasteiger partial charge in [0.05, 0.1) is 0 Å². The molecule has 0 fully saturated rings. The Kier molecular flexibility index (Phi) is 6.24. The van der Waals surface area contributed by atoms with Crippen molar-refractivity contribution in [2.45, 2.75) is 26.9 Å². The molecule has 13 heavy (non-hydrogen) atoms. The minimum atomic E-state index is -0.348. The molecule has 0 aliphatic carbocycles. The van der Waals surface area contributed by atoms with Gasteiger partial charge in [-0.25, -0.2) is 4.79 Å². The first-order valence-corrected chi connectivity index (χ1v) is 4.69. The van der Waals surface area contributed by atoms with Crippen molar-refractivity contribution in [1.82, 2.24) is 4.90 Å². The zero-order valence-corrected chi connectivity index (χ0v) is 8.75. The summed E-state index contributed by atoms with van der Waals surface area (Å²) in [6.45, 7) is 12.2. The van der Waals surface area contributed by atoms with Crippen LogP contribution in [0.25, 0.3) is 0 Å². The van der Waals surface area contributed by atoms with Gasteiger partial charge in [0.2, 0.25) is 0 Å². The van der Waals surface area contributed by atoms with E-state index in [1.54, 1.807) is 0 Å². The predicted octanol–water partition coefficient (Wildman–Crippen LogP) is 1.45. The summed E-state index contributed by atoms with van der Waals surface area (Å²) in [4.78, 5) is 13.0. The van der Waals surface area contributed by atoms with Crippen LogP contribution in [0.4, 0.5) is 0 Å². The highest BCUT2D eigenvalue weighted by Crippen LogP contribution is 1.97. The predicted molar refractivity (Wildman–Crippen MR) is 53.5 cm³/mol. The average molecular weight is 185 g/mol. The first-order chi connectivity index (χ1) is 6.13. The molecule has 0 saturated heterocycles. The average Bonchev–Trinajstić information content (AvgIpc) is 2.13. The molecule has 0 aromatic heterocycles. The zero-order chi connectivity index (χ0) is 10.3. The molecular weight excluding hydrogens is 166 g/mol. The van der Waals surface area contributed by atoms with Gasteiger partial charge in [0.25, 0.3) is 0 Å². The first-order valence-electron chi connectivity index (χ1n) is 4.69. The van der Waals surface area contributed by atoms with Crippen molar-refractivity contribution >= 4 is 5.97 Å². The van der Waals surface area contributed by atoms with E-state index in [1.807, 2.05) is 6.92 Å². The Labute approximate surface area is 80.4 Å². The van der Waals surface area contributed by atoms with Crippen molar-refractivity contribution in [2.24, 2.45) is 0 Å². The van der Waals surface area contributed by atoms with Crippen LogP contribution in [-0.4, -0.2) is 36.6 Å². The van der Waals surface area contributed by atoms with Crippen LogP contribution >= 0.6 is 0 Å². The number of hydrogen-bond acceptors (Lipinski definition) is 3. The fourth-order valence-electron chi connectivity index (χ4n) is 1.13. The number of rotatable bonds is 6. The van der Waals surface area contributed by atoms with Gasteiger partial charge in [0.1, 0.15) is 6.10 Å². The summed E-state index contributed by atoms with van der Waals surface area (Å²) in [5, 5.41) is 0. The number of carbonyl (C=O) groups is 1. The molecule has 0 saturated carbocycles. The number of carbonyl (C=O) groups excluding carboxylic acids is 1. The van der Waals surface area contributed by atoms with Crippen LogP contribution in [0.3, 0.4) is 0 Å². The molecule has 76 valence electrons. The van der Waals surface area contributed by atoms with Crippen molar-refractivity contribution in [3.63, 3.8) is 0 Å². The highest BCUT2D eigenvalue weighted by molar-refractivity contribution is 5.81. The van der Waals surface area contributed by atoms with Crippen LogP contribution in [0.5, 0.6) is 0 Å². The Hall–Kier alpha value is -0.830. The summed E-state index contributed by atoms with van der Waals surface area (Å²) < 4.78 is 5.04. The molecule has 1 atom stereocenters. The van der Waals surface area contributed by atoms with E-state index in [9.17, 15) is 4.79 Å². The van der Waals surface area contributed by atoms with Gasteiger partial charge < -0.3 is 9.64 Å². The van der Waals surface area contributed by atoms with E-state index in [0.717, 1.165) is 19.6 Å². The molecule has 0 aliphatic heterocycles. The molecule has 3 heteroatoms. The molecule has 0 rings (SSSR count). The van der Waals surface area contributed by atoms with Crippen molar-refractivity contribution in [2.75, 3.05) is 19.6 Å². The first kappa shape index (κ1) is 12.2. The molecular formula is C10H19NO2. The van der Waals surface area contributed by atoms with Gasteiger partial charge in [0, 0.05) is 12.6 Å². The molecule has 0 aromatic rings. The van der Waals surface area contributed by atoms with Gasteiger partial charge >= 0.3 is 5.97 Å². The molecule has 0 amide bonds. The second-order valence-electron chi connectivity index (χ2n) is 2.94. The van der Waals surface area contributed by atoms with E-state index < -0.39 is 0 Å². The van der Waals surface area contributed by atoms with Crippen LogP contribution in [0.1, 0.15) is 20.8 Å². The number of likely N-dealkylation sites (N-methyl/N-ethyl adjacent to an activating group) is 1. The van der Waals surface area contributed by atoms with Gasteiger partial charge in [-0.2, -0.15) is 0 Å². The maximum absolute atomic E-state index is 10.8. The third-order valence-corrected chi connectivity index (χ3v) is 1.89. The molecule has 0 radical (unpaired) electrons. The standard InChI is InChI=1S/C10H19NO2/c1-5-10(12)13-9(4)8-11(6-2)7-3/h5,9H,1,6-8H2,2-4H3. The number of nitrogens with zero attached hydrogens (tertiary/aromatic N) is 1. The van der Waals surface area contributed by atoms with E-state index in [1.165, 1.54) is 6.08 Å². The minimum absolute atomic E-state index is 0.0644.